The lowest BCUT2D eigenvalue weighted by Gasteiger charge is -2.07. The van der Waals surface area contributed by atoms with Crippen LogP contribution in [0.3, 0.4) is 0 Å². The fourth-order valence-corrected chi connectivity index (χ4v) is 3.44. The van der Waals surface area contributed by atoms with Crippen molar-refractivity contribution in [2.24, 2.45) is 0 Å². The molecule has 26 heavy (non-hydrogen) atoms. The molecule has 132 valence electrons. The van der Waals surface area contributed by atoms with E-state index >= 15 is 0 Å². The fraction of sp³-hybridized carbons (Fsp3) is 0.167. The molecule has 1 atom stereocenters. The number of carbonyl (C=O) groups is 1. The summed E-state index contributed by atoms with van der Waals surface area (Å²) in [6.45, 7) is 1.99. The van der Waals surface area contributed by atoms with E-state index in [1.807, 2.05) is 6.07 Å². The first-order valence-electron chi connectivity index (χ1n) is 7.80. The topological polar surface area (TPSA) is 74.5 Å². The van der Waals surface area contributed by atoms with Crippen molar-refractivity contribution in [2.75, 3.05) is 6.79 Å². The number of Topliss-reactive ketones (excluding diaryl/α,β-unsaturated/α-hetero) is 1. The molecule has 8 heteroatoms. The Morgan fingerprint density at radius 3 is 2.85 bits per heavy atom. The summed E-state index contributed by atoms with van der Waals surface area (Å²) in [7, 11) is 0. The van der Waals surface area contributed by atoms with Gasteiger partial charge in [-0.1, -0.05) is 35.5 Å². The lowest BCUT2D eigenvalue weighted by molar-refractivity contribution is 0.0993. The van der Waals surface area contributed by atoms with Crippen molar-refractivity contribution in [2.45, 2.75) is 17.4 Å². The molecular formula is C18H13ClN2O4S. The fourth-order valence-electron chi connectivity index (χ4n) is 2.48. The molecule has 2 heterocycles. The van der Waals surface area contributed by atoms with Gasteiger partial charge in [0.1, 0.15) is 0 Å². The van der Waals surface area contributed by atoms with Gasteiger partial charge in [-0.3, -0.25) is 4.79 Å². The monoisotopic (exact) mass is 388 g/mol. The highest BCUT2D eigenvalue weighted by molar-refractivity contribution is 8.00. The van der Waals surface area contributed by atoms with Crippen LogP contribution < -0.4 is 9.47 Å². The SMILES string of the molecule is CC(Sc1nnc(-c2ccc3c(c2)OCO3)o1)C(=O)c1cccc(Cl)c1. The highest BCUT2D eigenvalue weighted by atomic mass is 35.5. The van der Waals surface area contributed by atoms with Gasteiger partial charge in [0.2, 0.25) is 12.7 Å². The second kappa shape index (κ2) is 7.01. The van der Waals surface area contributed by atoms with Crippen LogP contribution in [0, 0.1) is 0 Å². The molecule has 0 radical (unpaired) electrons. The van der Waals surface area contributed by atoms with Crippen molar-refractivity contribution in [1.82, 2.24) is 10.2 Å². The van der Waals surface area contributed by atoms with Crippen molar-refractivity contribution in [1.29, 1.82) is 0 Å². The van der Waals surface area contributed by atoms with Gasteiger partial charge in [0.15, 0.2) is 17.3 Å². The molecule has 0 N–H and O–H groups in total. The maximum Gasteiger partial charge on any atom is 0.277 e. The van der Waals surface area contributed by atoms with Gasteiger partial charge < -0.3 is 13.9 Å². The Kier molecular flexibility index (Phi) is 4.57. The summed E-state index contributed by atoms with van der Waals surface area (Å²) in [5.41, 5.74) is 1.27. The number of fused-ring (bicyclic) bond motifs is 1. The molecule has 0 spiro atoms. The van der Waals surface area contributed by atoms with E-state index in [0.717, 1.165) is 5.56 Å². The summed E-state index contributed by atoms with van der Waals surface area (Å²) in [4.78, 5) is 12.5. The van der Waals surface area contributed by atoms with Gasteiger partial charge >= 0.3 is 0 Å². The first-order valence-corrected chi connectivity index (χ1v) is 9.06. The van der Waals surface area contributed by atoms with E-state index in [1.54, 1.807) is 43.3 Å². The number of carbonyl (C=O) groups excluding carboxylic acids is 1. The third-order valence-corrected chi connectivity index (χ3v) is 4.95. The van der Waals surface area contributed by atoms with E-state index in [-0.39, 0.29) is 12.6 Å². The largest absolute Gasteiger partial charge is 0.454 e. The molecule has 6 nitrogen and oxygen atoms in total. The van der Waals surface area contributed by atoms with Crippen molar-refractivity contribution in [3.8, 4) is 23.0 Å². The Bertz CT molecular complexity index is 975. The number of hydrogen-bond donors (Lipinski definition) is 0. The standard InChI is InChI=1S/C18H13ClN2O4S/c1-10(16(22)11-3-2-4-13(19)7-11)26-18-21-20-17(25-18)12-5-6-14-15(8-12)24-9-23-14/h2-8,10H,9H2,1H3. The number of aromatic nitrogens is 2. The number of benzene rings is 2. The zero-order chi connectivity index (χ0) is 18.1. The predicted octanol–water partition coefficient (Wildman–Crippen LogP) is 4.48. The van der Waals surface area contributed by atoms with Crippen LogP contribution in [0.5, 0.6) is 11.5 Å². The average molecular weight is 389 g/mol. The number of hydrogen-bond acceptors (Lipinski definition) is 7. The van der Waals surface area contributed by atoms with Crippen molar-refractivity contribution < 1.29 is 18.7 Å². The predicted molar refractivity (Wildman–Crippen MR) is 97.0 cm³/mol. The number of thioether (sulfide) groups is 1. The van der Waals surface area contributed by atoms with E-state index in [9.17, 15) is 4.79 Å². The Morgan fingerprint density at radius 1 is 1.15 bits per heavy atom. The number of rotatable bonds is 5. The second-order valence-electron chi connectivity index (χ2n) is 5.58. The van der Waals surface area contributed by atoms with Gasteiger partial charge in [-0.25, -0.2) is 0 Å². The number of ketones is 1. The minimum atomic E-state index is -0.390. The van der Waals surface area contributed by atoms with Crippen LogP contribution in [-0.2, 0) is 0 Å². The number of halogens is 1. The summed E-state index contributed by atoms with van der Waals surface area (Å²) in [6.07, 6.45) is 0. The summed E-state index contributed by atoms with van der Waals surface area (Å²) >= 11 is 7.15. The molecule has 0 saturated carbocycles. The quantitative estimate of drug-likeness (QED) is 0.471. The maximum atomic E-state index is 12.5. The summed E-state index contributed by atoms with van der Waals surface area (Å²) < 4.78 is 16.3. The molecule has 0 amide bonds. The summed E-state index contributed by atoms with van der Waals surface area (Å²) in [5.74, 6) is 1.62. The zero-order valence-electron chi connectivity index (χ0n) is 13.6. The zero-order valence-corrected chi connectivity index (χ0v) is 15.2. The normalized spacial score (nSPS) is 13.6. The highest BCUT2D eigenvalue weighted by Gasteiger charge is 2.21. The van der Waals surface area contributed by atoms with Crippen molar-refractivity contribution in [3.63, 3.8) is 0 Å². The Labute approximate surface area is 158 Å². The molecule has 0 fully saturated rings. The molecule has 0 saturated heterocycles. The second-order valence-corrected chi connectivity index (χ2v) is 7.30. The Balaban J connectivity index is 1.49. The van der Waals surface area contributed by atoms with E-state index in [0.29, 0.717) is 33.2 Å². The Morgan fingerprint density at radius 2 is 2.00 bits per heavy atom. The van der Waals surface area contributed by atoms with Crippen molar-refractivity contribution >= 4 is 29.1 Å². The first-order chi connectivity index (χ1) is 12.6. The minimum absolute atomic E-state index is 0.0553. The third-order valence-electron chi connectivity index (χ3n) is 3.78. The van der Waals surface area contributed by atoms with Gasteiger partial charge in [-0.05, 0) is 37.3 Å². The first kappa shape index (κ1) is 16.9. The van der Waals surface area contributed by atoms with E-state index < -0.39 is 5.25 Å². The third kappa shape index (κ3) is 3.40. The molecule has 4 rings (SSSR count). The van der Waals surface area contributed by atoms with Crippen LogP contribution in [0.2, 0.25) is 5.02 Å². The Hall–Kier alpha value is -2.51. The van der Waals surface area contributed by atoms with Gasteiger partial charge in [0.25, 0.3) is 5.22 Å². The molecule has 1 aromatic heterocycles. The lowest BCUT2D eigenvalue weighted by Crippen LogP contribution is -2.13. The minimum Gasteiger partial charge on any atom is -0.454 e. The lowest BCUT2D eigenvalue weighted by atomic mass is 10.1. The smallest absolute Gasteiger partial charge is 0.277 e. The molecular weight excluding hydrogens is 376 g/mol. The van der Waals surface area contributed by atoms with Gasteiger partial charge in [-0.15, -0.1) is 10.2 Å². The van der Waals surface area contributed by atoms with E-state index in [1.165, 1.54) is 11.8 Å². The van der Waals surface area contributed by atoms with Crippen LogP contribution in [-0.4, -0.2) is 28.0 Å². The van der Waals surface area contributed by atoms with Crippen LogP contribution in [0.1, 0.15) is 17.3 Å². The van der Waals surface area contributed by atoms with Gasteiger partial charge in [0, 0.05) is 16.1 Å². The molecule has 2 aromatic carbocycles. The molecule has 0 bridgehead atoms. The van der Waals surface area contributed by atoms with E-state index in [2.05, 4.69) is 10.2 Å². The number of ether oxygens (including phenoxy) is 2. The van der Waals surface area contributed by atoms with E-state index in [4.69, 9.17) is 25.5 Å². The van der Waals surface area contributed by atoms with Gasteiger partial charge in [0.05, 0.1) is 5.25 Å². The van der Waals surface area contributed by atoms with Crippen LogP contribution in [0.15, 0.2) is 52.1 Å². The molecule has 1 aliphatic heterocycles. The van der Waals surface area contributed by atoms with Crippen LogP contribution >= 0.6 is 23.4 Å². The van der Waals surface area contributed by atoms with Crippen molar-refractivity contribution in [3.05, 3.63) is 53.1 Å². The van der Waals surface area contributed by atoms with Gasteiger partial charge in [-0.2, -0.15) is 0 Å². The van der Waals surface area contributed by atoms with Crippen LogP contribution in [0.4, 0.5) is 0 Å². The molecule has 3 aromatic rings. The van der Waals surface area contributed by atoms with Crippen LogP contribution in [0.25, 0.3) is 11.5 Å². The average Bonchev–Trinajstić information content (AvgIpc) is 3.29. The molecule has 0 aliphatic carbocycles. The maximum absolute atomic E-state index is 12.5. The number of nitrogens with zero attached hydrogens (tertiary/aromatic N) is 2. The summed E-state index contributed by atoms with van der Waals surface area (Å²) in [6, 6.07) is 12.2. The molecule has 1 unspecified atom stereocenters. The molecule has 1 aliphatic rings. The summed E-state index contributed by atoms with van der Waals surface area (Å²) in [5, 5.41) is 8.51. The highest BCUT2D eigenvalue weighted by Crippen LogP contribution is 2.36.